The molecule has 0 saturated carbocycles. The predicted octanol–water partition coefficient (Wildman–Crippen LogP) is 4.26. The Labute approximate surface area is 198 Å². The van der Waals surface area contributed by atoms with E-state index in [-0.39, 0.29) is 33.3 Å². The highest BCUT2D eigenvalue weighted by Crippen LogP contribution is 2.49. The Balaban J connectivity index is 2.10. The number of carbonyl (C=O) groups is 2. The van der Waals surface area contributed by atoms with E-state index in [1.165, 1.54) is 24.1 Å². The molecule has 6 nitrogen and oxygen atoms in total. The van der Waals surface area contributed by atoms with E-state index >= 15 is 0 Å². The number of carbonyl (C=O) groups excluding carboxylic acids is 2. The van der Waals surface area contributed by atoms with E-state index in [1.807, 2.05) is 12.2 Å². The predicted molar refractivity (Wildman–Crippen MR) is 127 cm³/mol. The zero-order valence-electron chi connectivity index (χ0n) is 18.3. The van der Waals surface area contributed by atoms with Crippen LogP contribution in [0.1, 0.15) is 35.3 Å². The molecule has 0 spiro atoms. The molecule has 1 unspecified atom stereocenters. The largest absolute Gasteiger partial charge is 0.465 e. The maximum Gasteiger partial charge on any atom is 0.337 e. The third kappa shape index (κ3) is 4.28. The molecule has 1 N–H and O–H groups in total. The summed E-state index contributed by atoms with van der Waals surface area (Å²) < 4.78 is 4.81. The van der Waals surface area contributed by atoms with Gasteiger partial charge >= 0.3 is 5.97 Å². The molecule has 8 heteroatoms. The lowest BCUT2D eigenvalue weighted by Gasteiger charge is -2.24. The molecule has 1 heterocycles. The van der Waals surface area contributed by atoms with Crippen molar-refractivity contribution in [3.63, 3.8) is 0 Å². The Morgan fingerprint density at radius 1 is 1.16 bits per heavy atom. The number of rotatable bonds is 8. The summed E-state index contributed by atoms with van der Waals surface area (Å²) in [7, 11) is 1.27. The second-order valence-corrected chi connectivity index (χ2v) is 8.22. The van der Waals surface area contributed by atoms with Crippen molar-refractivity contribution < 1.29 is 19.4 Å². The van der Waals surface area contributed by atoms with Gasteiger partial charge in [-0.3, -0.25) is 4.79 Å². The van der Waals surface area contributed by atoms with Crippen LogP contribution < -0.4 is 4.90 Å². The fraction of sp³-hybridized carbons (Fsp3) is 0.333. The minimum absolute atomic E-state index is 0.0771. The van der Waals surface area contributed by atoms with Crippen molar-refractivity contribution in [2.45, 2.75) is 19.4 Å². The highest BCUT2D eigenvalue weighted by Gasteiger charge is 2.53. The number of anilines is 1. The Morgan fingerprint density at radius 2 is 1.84 bits per heavy atom. The Kier molecular flexibility index (Phi) is 7.62. The number of ether oxygens (including phenoxy) is 1. The van der Waals surface area contributed by atoms with Crippen LogP contribution in [0.5, 0.6) is 0 Å². The van der Waals surface area contributed by atoms with Gasteiger partial charge in [0.05, 0.1) is 23.4 Å². The maximum absolute atomic E-state index is 13.6. The van der Waals surface area contributed by atoms with Crippen molar-refractivity contribution in [1.29, 1.82) is 0 Å². The first kappa shape index (κ1) is 24.3. The Morgan fingerprint density at radius 3 is 2.47 bits per heavy atom. The molecule has 3 rings (SSSR count). The monoisotopic (exact) mass is 476 g/mol. The van der Waals surface area contributed by atoms with E-state index in [1.54, 1.807) is 24.3 Å². The highest BCUT2D eigenvalue weighted by atomic mass is 35.5. The van der Waals surface area contributed by atoms with Crippen LogP contribution in [0.15, 0.2) is 48.6 Å². The first-order valence-electron chi connectivity index (χ1n) is 10.4. The summed E-state index contributed by atoms with van der Waals surface area (Å²) in [5.74, 6) is -1.18. The topological polar surface area (TPSA) is 70.1 Å². The van der Waals surface area contributed by atoms with Crippen molar-refractivity contribution in [3.05, 3.63) is 75.3 Å². The van der Waals surface area contributed by atoms with Crippen LogP contribution in [0.25, 0.3) is 0 Å². The van der Waals surface area contributed by atoms with Crippen LogP contribution >= 0.6 is 23.2 Å². The smallest absolute Gasteiger partial charge is 0.337 e. The molecule has 0 saturated heterocycles. The quantitative estimate of drug-likeness (QED) is 0.455. The molecule has 1 atom stereocenters. The van der Waals surface area contributed by atoms with Gasteiger partial charge in [0.25, 0.3) is 5.91 Å². The number of halogens is 2. The first-order chi connectivity index (χ1) is 15.3. The summed E-state index contributed by atoms with van der Waals surface area (Å²) in [5, 5.41) is 12.0. The van der Waals surface area contributed by atoms with Crippen LogP contribution in [-0.2, 0) is 15.1 Å². The van der Waals surface area contributed by atoms with Gasteiger partial charge in [0.2, 0.25) is 0 Å². The fourth-order valence-corrected chi connectivity index (χ4v) is 4.51. The minimum atomic E-state index is -2.08. The second kappa shape index (κ2) is 10.0. The molecular weight excluding hydrogens is 451 g/mol. The van der Waals surface area contributed by atoms with E-state index in [0.717, 1.165) is 19.6 Å². The molecule has 32 heavy (non-hydrogen) atoms. The van der Waals surface area contributed by atoms with Crippen LogP contribution in [0.3, 0.4) is 0 Å². The molecule has 0 aliphatic carbocycles. The van der Waals surface area contributed by atoms with Gasteiger partial charge in [-0.1, -0.05) is 67.4 Å². The standard InChI is InChI=1S/C24H26Cl2N2O4/c1-4-27(5-2)12-8-9-13-28-20-15-16(22(29)32-3)14-19(26)21(20)24(31,23(28)30)17-10-6-7-11-18(17)25/h6-11,14-15,31H,4-5,12-13H2,1-3H3. The summed E-state index contributed by atoms with van der Waals surface area (Å²) in [5.41, 5.74) is -1.12. The van der Waals surface area contributed by atoms with Crippen LogP contribution in [0, 0.1) is 0 Å². The first-order valence-corrected chi connectivity index (χ1v) is 11.1. The summed E-state index contributed by atoms with van der Waals surface area (Å²) in [6.45, 7) is 6.92. The number of amides is 1. The van der Waals surface area contributed by atoms with Gasteiger partial charge in [-0.25, -0.2) is 4.79 Å². The van der Waals surface area contributed by atoms with Crippen LogP contribution in [0.2, 0.25) is 10.0 Å². The van der Waals surface area contributed by atoms with E-state index in [2.05, 4.69) is 18.7 Å². The molecule has 1 aliphatic heterocycles. The van der Waals surface area contributed by atoms with E-state index in [9.17, 15) is 14.7 Å². The maximum atomic E-state index is 13.6. The van der Waals surface area contributed by atoms with Gasteiger partial charge in [-0.2, -0.15) is 0 Å². The number of aliphatic hydroxyl groups is 1. The number of esters is 1. The van der Waals surface area contributed by atoms with Crippen molar-refractivity contribution in [2.24, 2.45) is 0 Å². The Bertz CT molecular complexity index is 1050. The average Bonchev–Trinajstić information content (AvgIpc) is 3.01. The Hall–Kier alpha value is -2.38. The molecule has 1 amide bonds. The summed E-state index contributed by atoms with van der Waals surface area (Å²) >= 11 is 12.9. The second-order valence-electron chi connectivity index (χ2n) is 7.41. The summed E-state index contributed by atoms with van der Waals surface area (Å²) in [4.78, 5) is 29.4. The molecular formula is C24H26Cl2N2O4. The highest BCUT2D eigenvalue weighted by molar-refractivity contribution is 6.35. The third-order valence-corrected chi connectivity index (χ3v) is 6.30. The number of methoxy groups -OCH3 is 1. The molecule has 170 valence electrons. The van der Waals surface area contributed by atoms with Crippen molar-refractivity contribution in [2.75, 3.05) is 38.2 Å². The number of likely N-dealkylation sites (N-methyl/N-ethyl adjacent to an activating group) is 1. The zero-order valence-corrected chi connectivity index (χ0v) is 19.8. The number of fused-ring (bicyclic) bond motifs is 1. The van der Waals surface area contributed by atoms with Gasteiger partial charge in [-0.15, -0.1) is 0 Å². The number of hydrogen-bond acceptors (Lipinski definition) is 5. The lowest BCUT2D eigenvalue weighted by Crippen LogP contribution is -2.41. The van der Waals surface area contributed by atoms with Gasteiger partial charge in [0.1, 0.15) is 0 Å². The molecule has 2 aromatic rings. The lowest BCUT2D eigenvalue weighted by molar-refractivity contribution is -0.132. The van der Waals surface area contributed by atoms with E-state index < -0.39 is 17.5 Å². The average molecular weight is 477 g/mol. The minimum Gasteiger partial charge on any atom is -0.465 e. The SMILES string of the molecule is CCN(CC)CC=CCN1C(=O)C(O)(c2ccccc2Cl)c2c(Cl)cc(C(=O)OC)cc21. The molecule has 0 fully saturated rings. The molecule has 0 bridgehead atoms. The summed E-state index contributed by atoms with van der Waals surface area (Å²) in [6, 6.07) is 9.50. The molecule has 0 aromatic heterocycles. The summed E-state index contributed by atoms with van der Waals surface area (Å²) in [6.07, 6.45) is 3.83. The van der Waals surface area contributed by atoms with E-state index in [0.29, 0.717) is 5.69 Å². The van der Waals surface area contributed by atoms with Crippen LogP contribution in [0.4, 0.5) is 5.69 Å². The van der Waals surface area contributed by atoms with Gasteiger partial charge < -0.3 is 19.6 Å². The van der Waals surface area contributed by atoms with Gasteiger partial charge in [-0.05, 0) is 31.3 Å². The van der Waals surface area contributed by atoms with Crippen molar-refractivity contribution >= 4 is 40.8 Å². The van der Waals surface area contributed by atoms with Crippen molar-refractivity contribution in [3.8, 4) is 0 Å². The number of hydrogen-bond donors (Lipinski definition) is 1. The van der Waals surface area contributed by atoms with Gasteiger partial charge in [0.15, 0.2) is 5.60 Å². The zero-order chi connectivity index (χ0) is 23.5. The third-order valence-electron chi connectivity index (χ3n) is 5.67. The van der Waals surface area contributed by atoms with Crippen LogP contribution in [-0.4, -0.2) is 55.2 Å². The van der Waals surface area contributed by atoms with Crippen molar-refractivity contribution in [1.82, 2.24) is 4.90 Å². The lowest BCUT2D eigenvalue weighted by atomic mass is 9.87. The molecule has 0 radical (unpaired) electrons. The molecule has 2 aromatic carbocycles. The van der Waals surface area contributed by atoms with Gasteiger partial charge in [0, 0.05) is 29.2 Å². The molecule has 1 aliphatic rings. The van der Waals surface area contributed by atoms with E-state index in [4.69, 9.17) is 27.9 Å². The number of nitrogens with zero attached hydrogens (tertiary/aromatic N) is 2. The fourth-order valence-electron chi connectivity index (χ4n) is 3.88. The number of benzene rings is 2. The normalized spacial score (nSPS) is 18.0.